The molecule has 3 nitrogen and oxygen atoms in total. The molecule has 2 aromatic carbocycles. The molecule has 0 amide bonds. The van der Waals surface area contributed by atoms with Crippen LogP contribution in [0.15, 0.2) is 48.5 Å². The van der Waals surface area contributed by atoms with E-state index in [0.29, 0.717) is 12.1 Å². The van der Waals surface area contributed by atoms with Gasteiger partial charge in [-0.3, -0.25) is 0 Å². The van der Waals surface area contributed by atoms with Gasteiger partial charge in [0.1, 0.15) is 11.3 Å². The van der Waals surface area contributed by atoms with Crippen molar-refractivity contribution in [2.45, 2.75) is 6.54 Å². The first-order valence-corrected chi connectivity index (χ1v) is 5.36. The van der Waals surface area contributed by atoms with E-state index < -0.39 is 0 Å². The molecule has 4 heteroatoms. The van der Waals surface area contributed by atoms with Gasteiger partial charge < -0.3 is 0 Å². The molecule has 1 aromatic heterocycles. The molecule has 0 atom stereocenters. The molecule has 3 aromatic rings. The van der Waals surface area contributed by atoms with Gasteiger partial charge in [0.25, 0.3) is 0 Å². The summed E-state index contributed by atoms with van der Waals surface area (Å²) in [5.74, 6) is -0.216. The molecule has 3 rings (SSSR count). The van der Waals surface area contributed by atoms with E-state index in [1.54, 1.807) is 16.8 Å². The Morgan fingerprint density at radius 3 is 2.65 bits per heavy atom. The standard InChI is InChI=1S/C13H10FN3/c14-11-6-2-1-5-10(11)9-17-13-8-4-3-7-12(13)15-16-17/h1-8H,9H2. The number of halogens is 1. The molecule has 0 fully saturated rings. The maximum Gasteiger partial charge on any atom is 0.128 e. The molecule has 0 aliphatic heterocycles. The van der Waals surface area contributed by atoms with E-state index in [2.05, 4.69) is 10.3 Å². The van der Waals surface area contributed by atoms with Crippen molar-refractivity contribution in [2.24, 2.45) is 0 Å². The summed E-state index contributed by atoms with van der Waals surface area (Å²) < 4.78 is 15.2. The van der Waals surface area contributed by atoms with Crippen LogP contribution in [0.5, 0.6) is 0 Å². The first kappa shape index (κ1) is 9.96. The molecular formula is C13H10FN3. The number of nitrogens with zero attached hydrogens (tertiary/aromatic N) is 3. The van der Waals surface area contributed by atoms with Crippen LogP contribution in [0.4, 0.5) is 4.39 Å². The Kier molecular flexibility index (Phi) is 2.33. The summed E-state index contributed by atoms with van der Waals surface area (Å²) in [6.45, 7) is 0.396. The van der Waals surface area contributed by atoms with Crippen LogP contribution in [0.1, 0.15) is 5.56 Å². The summed E-state index contributed by atoms with van der Waals surface area (Å²) >= 11 is 0. The highest BCUT2D eigenvalue weighted by molar-refractivity contribution is 5.73. The average molecular weight is 227 g/mol. The summed E-state index contributed by atoms with van der Waals surface area (Å²) in [5.41, 5.74) is 2.35. The highest BCUT2D eigenvalue weighted by Crippen LogP contribution is 2.13. The van der Waals surface area contributed by atoms with E-state index in [0.717, 1.165) is 11.0 Å². The van der Waals surface area contributed by atoms with Crippen LogP contribution in [0.2, 0.25) is 0 Å². The Bertz CT molecular complexity index is 660. The molecule has 0 bridgehead atoms. The predicted octanol–water partition coefficient (Wildman–Crippen LogP) is 2.62. The van der Waals surface area contributed by atoms with Crippen molar-refractivity contribution in [3.8, 4) is 0 Å². The lowest BCUT2D eigenvalue weighted by Gasteiger charge is -2.03. The van der Waals surface area contributed by atoms with Crippen LogP contribution in [-0.4, -0.2) is 15.0 Å². The van der Waals surface area contributed by atoms with E-state index in [-0.39, 0.29) is 5.82 Å². The van der Waals surface area contributed by atoms with Crippen LogP contribution in [0.25, 0.3) is 11.0 Å². The second-order valence-corrected chi connectivity index (χ2v) is 3.83. The second-order valence-electron chi connectivity index (χ2n) is 3.83. The smallest absolute Gasteiger partial charge is 0.128 e. The minimum atomic E-state index is -0.216. The molecule has 0 spiro atoms. The van der Waals surface area contributed by atoms with Crippen molar-refractivity contribution in [3.63, 3.8) is 0 Å². The topological polar surface area (TPSA) is 30.7 Å². The Morgan fingerprint density at radius 2 is 1.76 bits per heavy atom. The van der Waals surface area contributed by atoms with Crippen LogP contribution in [0.3, 0.4) is 0 Å². The SMILES string of the molecule is Fc1ccccc1Cn1nnc2ccccc21. The summed E-state index contributed by atoms with van der Waals surface area (Å²) in [6.07, 6.45) is 0. The van der Waals surface area contributed by atoms with E-state index in [1.165, 1.54) is 6.07 Å². The third-order valence-corrected chi connectivity index (χ3v) is 2.70. The zero-order valence-electron chi connectivity index (χ0n) is 9.05. The van der Waals surface area contributed by atoms with Gasteiger partial charge >= 0.3 is 0 Å². The molecule has 17 heavy (non-hydrogen) atoms. The molecule has 0 radical (unpaired) electrons. The van der Waals surface area contributed by atoms with E-state index in [4.69, 9.17) is 0 Å². The third kappa shape index (κ3) is 1.78. The number of para-hydroxylation sites is 1. The summed E-state index contributed by atoms with van der Waals surface area (Å²) in [7, 11) is 0. The van der Waals surface area contributed by atoms with Crippen molar-refractivity contribution < 1.29 is 4.39 Å². The molecule has 0 unspecified atom stereocenters. The highest BCUT2D eigenvalue weighted by Gasteiger charge is 2.06. The first-order valence-electron chi connectivity index (χ1n) is 5.36. The molecule has 1 heterocycles. The van der Waals surface area contributed by atoms with Crippen LogP contribution in [0, 0.1) is 5.82 Å². The summed E-state index contributed by atoms with van der Waals surface area (Å²) in [5, 5.41) is 8.07. The van der Waals surface area contributed by atoms with Crippen molar-refractivity contribution in [1.82, 2.24) is 15.0 Å². The lowest BCUT2D eigenvalue weighted by molar-refractivity contribution is 0.583. The van der Waals surface area contributed by atoms with Crippen LogP contribution >= 0.6 is 0 Å². The Morgan fingerprint density at radius 1 is 1.00 bits per heavy atom. The fourth-order valence-corrected chi connectivity index (χ4v) is 1.82. The minimum Gasteiger partial charge on any atom is -0.240 e. The Balaban J connectivity index is 2.03. The molecule has 0 saturated carbocycles. The quantitative estimate of drug-likeness (QED) is 0.673. The average Bonchev–Trinajstić information content (AvgIpc) is 2.76. The van der Waals surface area contributed by atoms with Gasteiger partial charge in [-0.15, -0.1) is 5.10 Å². The number of aromatic nitrogens is 3. The molecule has 0 N–H and O–H groups in total. The number of rotatable bonds is 2. The van der Waals surface area contributed by atoms with Gasteiger partial charge in [0.15, 0.2) is 0 Å². The monoisotopic (exact) mass is 227 g/mol. The molecular weight excluding hydrogens is 217 g/mol. The Labute approximate surface area is 97.5 Å². The predicted molar refractivity (Wildman–Crippen MR) is 63.0 cm³/mol. The fourth-order valence-electron chi connectivity index (χ4n) is 1.82. The van der Waals surface area contributed by atoms with Crippen LogP contribution in [-0.2, 0) is 6.54 Å². The van der Waals surface area contributed by atoms with E-state index in [1.807, 2.05) is 30.3 Å². The Hall–Kier alpha value is -2.23. The van der Waals surface area contributed by atoms with Gasteiger partial charge in [-0.05, 0) is 18.2 Å². The number of benzene rings is 2. The zero-order chi connectivity index (χ0) is 11.7. The molecule has 0 aliphatic rings. The minimum absolute atomic E-state index is 0.216. The van der Waals surface area contributed by atoms with E-state index in [9.17, 15) is 4.39 Å². The highest BCUT2D eigenvalue weighted by atomic mass is 19.1. The first-order chi connectivity index (χ1) is 8.34. The van der Waals surface area contributed by atoms with Crippen molar-refractivity contribution in [3.05, 3.63) is 59.9 Å². The molecule has 0 saturated heterocycles. The van der Waals surface area contributed by atoms with Gasteiger partial charge in [0.05, 0.1) is 12.1 Å². The number of hydrogen-bond donors (Lipinski definition) is 0. The van der Waals surface area contributed by atoms with Gasteiger partial charge in [0.2, 0.25) is 0 Å². The van der Waals surface area contributed by atoms with Crippen molar-refractivity contribution in [1.29, 1.82) is 0 Å². The summed E-state index contributed by atoms with van der Waals surface area (Å²) in [4.78, 5) is 0. The largest absolute Gasteiger partial charge is 0.240 e. The molecule has 84 valence electrons. The number of hydrogen-bond acceptors (Lipinski definition) is 2. The van der Waals surface area contributed by atoms with E-state index >= 15 is 0 Å². The fraction of sp³-hybridized carbons (Fsp3) is 0.0769. The lowest BCUT2D eigenvalue weighted by Crippen LogP contribution is -2.03. The summed E-state index contributed by atoms with van der Waals surface area (Å²) in [6, 6.07) is 14.3. The van der Waals surface area contributed by atoms with Gasteiger partial charge in [-0.2, -0.15) is 0 Å². The maximum atomic E-state index is 13.5. The third-order valence-electron chi connectivity index (χ3n) is 2.70. The van der Waals surface area contributed by atoms with Gasteiger partial charge in [0, 0.05) is 5.56 Å². The normalized spacial score (nSPS) is 10.9. The van der Waals surface area contributed by atoms with Gasteiger partial charge in [-0.1, -0.05) is 35.5 Å². The zero-order valence-corrected chi connectivity index (χ0v) is 9.05. The van der Waals surface area contributed by atoms with Crippen molar-refractivity contribution in [2.75, 3.05) is 0 Å². The van der Waals surface area contributed by atoms with Gasteiger partial charge in [-0.25, -0.2) is 9.07 Å². The maximum absolute atomic E-state index is 13.5. The van der Waals surface area contributed by atoms with Crippen molar-refractivity contribution >= 4 is 11.0 Å². The molecule has 0 aliphatic carbocycles. The van der Waals surface area contributed by atoms with Crippen LogP contribution < -0.4 is 0 Å². The lowest BCUT2D eigenvalue weighted by atomic mass is 10.2. The number of fused-ring (bicyclic) bond motifs is 1. The second kappa shape index (κ2) is 3.97.